The molecule has 1 aliphatic rings. The van der Waals surface area contributed by atoms with Crippen LogP contribution in [0.4, 0.5) is 5.13 Å². The van der Waals surface area contributed by atoms with Crippen molar-refractivity contribution in [1.82, 2.24) is 9.36 Å². The van der Waals surface area contributed by atoms with Gasteiger partial charge in [0, 0.05) is 30.7 Å². The van der Waals surface area contributed by atoms with Crippen LogP contribution in [0.5, 0.6) is 0 Å². The molecule has 0 aliphatic heterocycles. The lowest BCUT2D eigenvalue weighted by atomic mass is 9.87. The zero-order valence-corrected chi connectivity index (χ0v) is 8.71. The van der Waals surface area contributed by atoms with Crippen molar-refractivity contribution in [3.05, 3.63) is 5.82 Å². The second-order valence-electron chi connectivity index (χ2n) is 3.62. The molecule has 0 unspecified atom stereocenters. The lowest BCUT2D eigenvalue weighted by Crippen LogP contribution is -2.49. The summed E-state index contributed by atoms with van der Waals surface area (Å²) in [4.78, 5) is 6.52. The van der Waals surface area contributed by atoms with Crippen LogP contribution in [0.2, 0.25) is 0 Å². The van der Waals surface area contributed by atoms with Crippen molar-refractivity contribution in [3.8, 4) is 0 Å². The van der Waals surface area contributed by atoms with E-state index in [-0.39, 0.29) is 0 Å². The summed E-state index contributed by atoms with van der Waals surface area (Å²) in [7, 11) is 2.07. The molecule has 0 bridgehead atoms. The van der Waals surface area contributed by atoms with Crippen molar-refractivity contribution in [1.29, 1.82) is 0 Å². The van der Waals surface area contributed by atoms with Crippen molar-refractivity contribution >= 4 is 16.7 Å². The third-order valence-electron chi connectivity index (χ3n) is 2.52. The van der Waals surface area contributed by atoms with E-state index in [4.69, 9.17) is 5.73 Å². The van der Waals surface area contributed by atoms with Gasteiger partial charge in [0.15, 0.2) is 0 Å². The van der Waals surface area contributed by atoms with E-state index < -0.39 is 0 Å². The quantitative estimate of drug-likeness (QED) is 0.762. The van der Waals surface area contributed by atoms with E-state index in [9.17, 15) is 0 Å². The van der Waals surface area contributed by atoms with E-state index in [0.717, 1.165) is 23.8 Å². The summed E-state index contributed by atoms with van der Waals surface area (Å²) >= 11 is 1.46. The van der Waals surface area contributed by atoms with E-state index in [1.54, 1.807) is 0 Å². The smallest absolute Gasteiger partial charge is 0.205 e. The number of aromatic nitrogens is 2. The lowest BCUT2D eigenvalue weighted by Gasteiger charge is -2.38. The van der Waals surface area contributed by atoms with Gasteiger partial charge in [-0.25, -0.2) is 4.98 Å². The first kappa shape index (κ1) is 8.90. The maximum absolute atomic E-state index is 5.73. The van der Waals surface area contributed by atoms with Crippen LogP contribution in [0, 0.1) is 6.92 Å². The number of hydrogen-bond donors (Lipinski definition) is 1. The van der Waals surface area contributed by atoms with Crippen LogP contribution >= 0.6 is 11.5 Å². The Balaban J connectivity index is 2.01. The Morgan fingerprint density at radius 1 is 1.54 bits per heavy atom. The average molecular weight is 198 g/mol. The normalized spacial score (nSPS) is 27.0. The van der Waals surface area contributed by atoms with E-state index in [1.165, 1.54) is 11.5 Å². The molecule has 0 amide bonds. The minimum absolute atomic E-state index is 0.390. The molecule has 2 rings (SSSR count). The molecule has 13 heavy (non-hydrogen) atoms. The number of hydrogen-bond acceptors (Lipinski definition) is 5. The molecule has 0 aromatic carbocycles. The van der Waals surface area contributed by atoms with Gasteiger partial charge < -0.3 is 10.6 Å². The van der Waals surface area contributed by atoms with Crippen LogP contribution in [-0.2, 0) is 0 Å². The number of anilines is 1. The summed E-state index contributed by atoms with van der Waals surface area (Å²) in [5.74, 6) is 0.857. The van der Waals surface area contributed by atoms with Crippen LogP contribution < -0.4 is 10.6 Å². The lowest BCUT2D eigenvalue weighted by molar-refractivity contribution is 0.340. The minimum atomic E-state index is 0.390. The van der Waals surface area contributed by atoms with Gasteiger partial charge in [-0.2, -0.15) is 4.37 Å². The maximum atomic E-state index is 5.73. The largest absolute Gasteiger partial charge is 0.347 e. The van der Waals surface area contributed by atoms with Gasteiger partial charge in [-0.05, 0) is 19.8 Å². The van der Waals surface area contributed by atoms with Crippen molar-refractivity contribution in [2.45, 2.75) is 31.8 Å². The monoisotopic (exact) mass is 198 g/mol. The molecule has 0 atom stereocenters. The van der Waals surface area contributed by atoms with Gasteiger partial charge in [-0.1, -0.05) is 0 Å². The standard InChI is InChI=1S/C8H14N4S/c1-5-10-8(13-11-5)12(2)7-3-6(9)4-7/h6-7H,3-4,9H2,1-2H3. The first-order chi connectivity index (χ1) is 6.16. The van der Waals surface area contributed by atoms with E-state index in [2.05, 4.69) is 21.3 Å². The van der Waals surface area contributed by atoms with Gasteiger partial charge in [-0.3, -0.25) is 0 Å². The fraction of sp³-hybridized carbons (Fsp3) is 0.750. The second kappa shape index (κ2) is 3.23. The Labute approximate surface area is 81.9 Å². The highest BCUT2D eigenvalue weighted by Crippen LogP contribution is 2.28. The SMILES string of the molecule is Cc1nsc(N(C)C2CC(N)C2)n1. The van der Waals surface area contributed by atoms with Crippen LogP contribution in [0.15, 0.2) is 0 Å². The summed E-state index contributed by atoms with van der Waals surface area (Å²) < 4.78 is 4.16. The van der Waals surface area contributed by atoms with Gasteiger partial charge in [0.2, 0.25) is 5.13 Å². The fourth-order valence-corrected chi connectivity index (χ4v) is 2.24. The Bertz CT molecular complexity index is 292. The highest BCUT2D eigenvalue weighted by Gasteiger charge is 2.30. The van der Waals surface area contributed by atoms with Crippen molar-refractivity contribution in [2.75, 3.05) is 11.9 Å². The van der Waals surface area contributed by atoms with Crippen molar-refractivity contribution in [2.24, 2.45) is 5.73 Å². The highest BCUT2D eigenvalue weighted by molar-refractivity contribution is 7.09. The molecule has 1 aromatic rings. The van der Waals surface area contributed by atoms with Gasteiger partial charge in [-0.15, -0.1) is 0 Å². The van der Waals surface area contributed by atoms with Gasteiger partial charge in [0.25, 0.3) is 0 Å². The molecule has 0 spiro atoms. The van der Waals surface area contributed by atoms with Gasteiger partial charge in [0.05, 0.1) is 0 Å². The first-order valence-electron chi connectivity index (χ1n) is 4.45. The Kier molecular flexibility index (Phi) is 2.21. The third kappa shape index (κ3) is 1.66. The molecular weight excluding hydrogens is 184 g/mol. The number of nitrogens with two attached hydrogens (primary N) is 1. The number of aryl methyl sites for hydroxylation is 1. The molecule has 0 radical (unpaired) electrons. The summed E-state index contributed by atoms with van der Waals surface area (Å²) in [6.45, 7) is 1.92. The van der Waals surface area contributed by atoms with E-state index >= 15 is 0 Å². The first-order valence-corrected chi connectivity index (χ1v) is 5.23. The molecule has 5 heteroatoms. The fourth-order valence-electron chi connectivity index (χ4n) is 1.53. The predicted octanol–water partition coefficient (Wildman–Crippen LogP) is 0.772. The van der Waals surface area contributed by atoms with Crippen LogP contribution in [0.3, 0.4) is 0 Å². The molecule has 1 saturated carbocycles. The maximum Gasteiger partial charge on any atom is 0.205 e. The van der Waals surface area contributed by atoms with Crippen LogP contribution in [-0.4, -0.2) is 28.5 Å². The average Bonchev–Trinajstić information content (AvgIpc) is 2.45. The number of rotatable bonds is 2. The second-order valence-corrected chi connectivity index (χ2v) is 4.35. The Hall–Kier alpha value is -0.680. The summed E-state index contributed by atoms with van der Waals surface area (Å²) in [5.41, 5.74) is 5.73. The molecule has 4 nitrogen and oxygen atoms in total. The molecule has 1 fully saturated rings. The van der Waals surface area contributed by atoms with Crippen LogP contribution in [0.25, 0.3) is 0 Å². The zero-order chi connectivity index (χ0) is 9.42. The predicted molar refractivity (Wildman–Crippen MR) is 54.0 cm³/mol. The Morgan fingerprint density at radius 2 is 2.23 bits per heavy atom. The number of nitrogens with zero attached hydrogens (tertiary/aromatic N) is 3. The molecule has 1 heterocycles. The third-order valence-corrected chi connectivity index (χ3v) is 3.41. The highest BCUT2D eigenvalue weighted by atomic mass is 32.1. The topological polar surface area (TPSA) is 55.0 Å². The molecule has 2 N–H and O–H groups in total. The molecule has 72 valence electrons. The molecule has 1 aliphatic carbocycles. The Morgan fingerprint density at radius 3 is 2.69 bits per heavy atom. The van der Waals surface area contributed by atoms with E-state index in [0.29, 0.717) is 12.1 Å². The molecule has 1 aromatic heterocycles. The minimum Gasteiger partial charge on any atom is -0.347 e. The van der Waals surface area contributed by atoms with Gasteiger partial charge >= 0.3 is 0 Å². The van der Waals surface area contributed by atoms with Crippen molar-refractivity contribution < 1.29 is 0 Å². The summed E-state index contributed by atoms with van der Waals surface area (Å²) in [6, 6.07) is 0.962. The molecule has 0 saturated heterocycles. The van der Waals surface area contributed by atoms with E-state index in [1.807, 2.05) is 6.92 Å². The zero-order valence-electron chi connectivity index (χ0n) is 7.90. The van der Waals surface area contributed by atoms with Crippen LogP contribution in [0.1, 0.15) is 18.7 Å². The molecular formula is C8H14N4S. The van der Waals surface area contributed by atoms with Gasteiger partial charge in [0.1, 0.15) is 5.82 Å². The summed E-state index contributed by atoms with van der Waals surface area (Å²) in [6.07, 6.45) is 2.16. The van der Waals surface area contributed by atoms with Crippen molar-refractivity contribution in [3.63, 3.8) is 0 Å². The summed E-state index contributed by atoms with van der Waals surface area (Å²) in [5, 5.41) is 1.01.